The number of likely N-dealkylation sites (tertiary alicyclic amines) is 1. The van der Waals surface area contributed by atoms with Crippen LogP contribution in [0.4, 0.5) is 0 Å². The maximum atomic E-state index is 13.2. The van der Waals surface area contributed by atoms with Crippen molar-refractivity contribution in [1.82, 2.24) is 24.7 Å². The van der Waals surface area contributed by atoms with E-state index < -0.39 is 0 Å². The average molecular weight is 524 g/mol. The van der Waals surface area contributed by atoms with Crippen LogP contribution in [0.2, 0.25) is 0 Å². The summed E-state index contributed by atoms with van der Waals surface area (Å²) < 4.78 is 1.37. The summed E-state index contributed by atoms with van der Waals surface area (Å²) in [4.78, 5) is 48.7. The predicted molar refractivity (Wildman–Crippen MR) is 148 cm³/mol. The van der Waals surface area contributed by atoms with Crippen LogP contribution in [0.15, 0.2) is 41.5 Å². The zero-order valence-electron chi connectivity index (χ0n) is 22.0. The number of nitrogens with one attached hydrogen (secondary N) is 1. The van der Waals surface area contributed by atoms with E-state index in [1.54, 1.807) is 6.92 Å². The molecular weight excluding hydrogens is 486 g/mol. The number of fused-ring (bicyclic) bond motifs is 1. The molecule has 2 amide bonds. The van der Waals surface area contributed by atoms with Gasteiger partial charge in [0.2, 0.25) is 5.91 Å². The van der Waals surface area contributed by atoms with Crippen molar-refractivity contribution >= 4 is 33.4 Å². The van der Waals surface area contributed by atoms with Crippen molar-refractivity contribution in [2.45, 2.75) is 65.6 Å². The lowest BCUT2D eigenvalue weighted by molar-refractivity contribution is -0.135. The van der Waals surface area contributed by atoms with Crippen LogP contribution in [-0.2, 0) is 17.9 Å². The number of piperidine rings is 1. The molecule has 0 spiro atoms. The molecule has 1 saturated heterocycles. The fourth-order valence-electron chi connectivity index (χ4n) is 4.97. The molecule has 9 heteroatoms. The van der Waals surface area contributed by atoms with E-state index in [1.165, 1.54) is 27.8 Å². The molecule has 1 aliphatic rings. The van der Waals surface area contributed by atoms with Gasteiger partial charge in [0.1, 0.15) is 11.4 Å². The summed E-state index contributed by atoms with van der Waals surface area (Å²) in [6.07, 6.45) is 5.37. The molecule has 198 valence electrons. The monoisotopic (exact) mass is 523 g/mol. The highest BCUT2D eigenvalue weighted by atomic mass is 32.1. The molecule has 4 rings (SSSR count). The second kappa shape index (κ2) is 12.5. The van der Waals surface area contributed by atoms with E-state index in [9.17, 15) is 14.4 Å². The Labute approximate surface area is 222 Å². The van der Waals surface area contributed by atoms with Crippen molar-refractivity contribution < 1.29 is 9.59 Å². The third-order valence-corrected chi connectivity index (χ3v) is 8.38. The first-order chi connectivity index (χ1) is 17.9. The molecule has 3 heterocycles. The number of amides is 2. The fraction of sp³-hybridized carbons (Fsp3) is 0.500. The van der Waals surface area contributed by atoms with Gasteiger partial charge in [0.05, 0.1) is 16.6 Å². The first kappa shape index (κ1) is 27.0. The van der Waals surface area contributed by atoms with Crippen molar-refractivity contribution in [2.75, 3.05) is 26.2 Å². The Morgan fingerprint density at radius 2 is 2.00 bits per heavy atom. The van der Waals surface area contributed by atoms with E-state index in [-0.39, 0.29) is 30.0 Å². The molecule has 0 unspecified atom stereocenters. The third kappa shape index (κ3) is 6.45. The molecule has 0 aliphatic carbocycles. The van der Waals surface area contributed by atoms with Crippen molar-refractivity contribution in [3.63, 3.8) is 0 Å². The Bertz CT molecular complexity index is 1290. The normalized spacial score (nSPS) is 15.9. The summed E-state index contributed by atoms with van der Waals surface area (Å²) in [5.41, 5.74) is 1.64. The van der Waals surface area contributed by atoms with Crippen molar-refractivity contribution in [3.8, 4) is 0 Å². The average Bonchev–Trinajstić information content (AvgIpc) is 3.25. The lowest BCUT2D eigenvalue weighted by Gasteiger charge is -2.33. The van der Waals surface area contributed by atoms with E-state index >= 15 is 0 Å². The van der Waals surface area contributed by atoms with E-state index in [0.717, 1.165) is 51.9 Å². The van der Waals surface area contributed by atoms with E-state index in [0.29, 0.717) is 27.2 Å². The van der Waals surface area contributed by atoms with Gasteiger partial charge in [0.15, 0.2) is 0 Å². The second-order valence-corrected chi connectivity index (χ2v) is 10.8. The number of hydrogen-bond donors (Lipinski definition) is 1. The molecule has 1 aliphatic heterocycles. The molecule has 2 aromatic heterocycles. The summed E-state index contributed by atoms with van der Waals surface area (Å²) in [6, 6.07) is 10.6. The number of thiophene rings is 1. The number of rotatable bonds is 10. The smallest absolute Gasteiger partial charge is 0.262 e. The largest absolute Gasteiger partial charge is 0.351 e. The molecular formula is C28H37N5O3S. The van der Waals surface area contributed by atoms with Crippen molar-refractivity contribution in [3.05, 3.63) is 63.0 Å². The molecule has 0 radical (unpaired) electrons. The highest BCUT2D eigenvalue weighted by molar-refractivity contribution is 7.20. The van der Waals surface area contributed by atoms with Crippen LogP contribution in [0, 0.1) is 6.92 Å². The van der Waals surface area contributed by atoms with Crippen LogP contribution >= 0.6 is 11.3 Å². The van der Waals surface area contributed by atoms with Crippen LogP contribution in [0.25, 0.3) is 10.2 Å². The number of carbonyl (C=O) groups is 2. The molecule has 1 N–H and O–H groups in total. The molecule has 1 fully saturated rings. The lowest BCUT2D eigenvalue weighted by Crippen LogP contribution is -2.44. The molecule has 0 bridgehead atoms. The number of benzene rings is 1. The molecule has 0 saturated carbocycles. The quantitative estimate of drug-likeness (QED) is 0.409. The summed E-state index contributed by atoms with van der Waals surface area (Å²) in [5.74, 6) is -0.245. The Morgan fingerprint density at radius 3 is 2.73 bits per heavy atom. The Kier molecular flexibility index (Phi) is 9.10. The highest BCUT2D eigenvalue weighted by Crippen LogP contribution is 2.27. The molecule has 3 aromatic rings. The third-order valence-electron chi connectivity index (χ3n) is 7.19. The van der Waals surface area contributed by atoms with Gasteiger partial charge in [-0.05, 0) is 57.2 Å². The SMILES string of the molecule is CCN(CCCNC(=O)c1sc2ncn(CC(=O)N3CCCC[C@H]3C)c(=O)c2c1C)Cc1ccccc1. The molecule has 37 heavy (non-hydrogen) atoms. The van der Waals surface area contributed by atoms with Gasteiger partial charge in [0, 0.05) is 32.2 Å². The van der Waals surface area contributed by atoms with Gasteiger partial charge in [-0.25, -0.2) is 4.98 Å². The number of aromatic nitrogens is 2. The lowest BCUT2D eigenvalue weighted by atomic mass is 10.0. The van der Waals surface area contributed by atoms with Gasteiger partial charge in [-0.2, -0.15) is 0 Å². The topological polar surface area (TPSA) is 87.5 Å². The summed E-state index contributed by atoms with van der Waals surface area (Å²) in [7, 11) is 0. The van der Waals surface area contributed by atoms with Crippen LogP contribution in [-0.4, -0.2) is 63.4 Å². The van der Waals surface area contributed by atoms with Gasteiger partial charge >= 0.3 is 0 Å². The maximum absolute atomic E-state index is 13.2. The zero-order valence-corrected chi connectivity index (χ0v) is 22.9. The highest BCUT2D eigenvalue weighted by Gasteiger charge is 2.25. The van der Waals surface area contributed by atoms with Crippen LogP contribution in [0.3, 0.4) is 0 Å². The van der Waals surface area contributed by atoms with Crippen LogP contribution in [0.5, 0.6) is 0 Å². The van der Waals surface area contributed by atoms with Gasteiger partial charge in [-0.3, -0.25) is 23.9 Å². The Balaban J connectivity index is 1.37. The van der Waals surface area contributed by atoms with Crippen molar-refractivity contribution in [1.29, 1.82) is 0 Å². The number of nitrogens with zero attached hydrogens (tertiary/aromatic N) is 4. The molecule has 1 atom stereocenters. The van der Waals surface area contributed by atoms with Gasteiger partial charge < -0.3 is 10.2 Å². The summed E-state index contributed by atoms with van der Waals surface area (Å²) >= 11 is 1.23. The number of aryl methyl sites for hydroxylation is 1. The first-order valence-corrected chi connectivity index (χ1v) is 14.0. The van der Waals surface area contributed by atoms with E-state index in [1.807, 2.05) is 23.1 Å². The number of hydrogen-bond acceptors (Lipinski definition) is 6. The van der Waals surface area contributed by atoms with Gasteiger partial charge in [-0.15, -0.1) is 11.3 Å². The van der Waals surface area contributed by atoms with Gasteiger partial charge in [0.25, 0.3) is 11.5 Å². The summed E-state index contributed by atoms with van der Waals surface area (Å²) in [5, 5.41) is 3.43. The van der Waals surface area contributed by atoms with Gasteiger partial charge in [-0.1, -0.05) is 37.3 Å². The predicted octanol–water partition coefficient (Wildman–Crippen LogP) is 3.81. The summed E-state index contributed by atoms with van der Waals surface area (Å²) in [6.45, 7) is 9.95. The van der Waals surface area contributed by atoms with Crippen molar-refractivity contribution in [2.24, 2.45) is 0 Å². The Morgan fingerprint density at radius 1 is 1.22 bits per heavy atom. The van der Waals surface area contributed by atoms with Crippen LogP contribution in [0.1, 0.15) is 60.3 Å². The standard InChI is InChI=1S/C28H37N5O3S/c1-4-31(17-22-12-6-5-7-13-22)15-10-14-29-26(35)25-21(3)24-27(37-25)30-19-32(28(24)36)18-23(34)33-16-9-8-11-20(33)2/h5-7,12-13,19-20H,4,8-11,14-18H2,1-3H3,(H,29,35)/t20-/m1/s1. The van der Waals surface area contributed by atoms with E-state index in [2.05, 4.69) is 41.2 Å². The fourth-order valence-corrected chi connectivity index (χ4v) is 6.02. The number of carbonyl (C=O) groups excluding carboxylic acids is 2. The molecule has 1 aromatic carbocycles. The molecule has 8 nitrogen and oxygen atoms in total. The zero-order chi connectivity index (χ0) is 26.4. The second-order valence-electron chi connectivity index (χ2n) is 9.81. The first-order valence-electron chi connectivity index (χ1n) is 13.2. The van der Waals surface area contributed by atoms with E-state index in [4.69, 9.17) is 0 Å². The Hall–Kier alpha value is -3.04. The minimum atomic E-state index is -0.268. The maximum Gasteiger partial charge on any atom is 0.262 e. The van der Waals surface area contributed by atoms with Crippen LogP contribution < -0.4 is 10.9 Å². The minimum absolute atomic E-state index is 0.0279. The minimum Gasteiger partial charge on any atom is -0.351 e.